The third-order valence-electron chi connectivity index (χ3n) is 7.02. The van der Waals surface area contributed by atoms with E-state index in [9.17, 15) is 15.2 Å². The molecule has 5 rings (SSSR count). The van der Waals surface area contributed by atoms with Gasteiger partial charge in [-0.1, -0.05) is 38.1 Å². The summed E-state index contributed by atoms with van der Waals surface area (Å²) in [5, 5.41) is 24.4. The van der Waals surface area contributed by atoms with Gasteiger partial charge in [-0.15, -0.1) is 0 Å². The highest BCUT2D eigenvalue weighted by Gasteiger charge is 2.31. The predicted molar refractivity (Wildman–Crippen MR) is 151 cm³/mol. The van der Waals surface area contributed by atoms with E-state index in [1.165, 1.54) is 18.5 Å². The van der Waals surface area contributed by atoms with Crippen LogP contribution < -0.4 is 10.5 Å². The van der Waals surface area contributed by atoms with Crippen molar-refractivity contribution < 1.29 is 19.0 Å². The van der Waals surface area contributed by atoms with Crippen LogP contribution in [0.1, 0.15) is 32.7 Å². The van der Waals surface area contributed by atoms with Crippen LogP contribution in [0.4, 0.5) is 10.2 Å². The molecule has 0 saturated carbocycles. The number of likely N-dealkylation sites (tertiary alicyclic amines) is 1. The minimum atomic E-state index is -0.719. The summed E-state index contributed by atoms with van der Waals surface area (Å²) in [5.41, 5.74) is 6.42. The zero-order valence-corrected chi connectivity index (χ0v) is 22.8. The molecule has 0 spiro atoms. The molecule has 0 unspecified atom stereocenters. The van der Waals surface area contributed by atoms with Crippen molar-refractivity contribution >= 4 is 22.8 Å². The van der Waals surface area contributed by atoms with E-state index in [1.807, 2.05) is 24.3 Å². The van der Waals surface area contributed by atoms with E-state index in [0.29, 0.717) is 41.9 Å². The number of hydrogen-bond donors (Lipinski definition) is 2. The number of nitrogens with two attached hydrogens (primary N) is 1. The number of amides is 1. The quantitative estimate of drug-likeness (QED) is 0.248. The second-order valence-electron chi connectivity index (χ2n) is 10.7. The van der Waals surface area contributed by atoms with Crippen LogP contribution in [0.15, 0.2) is 66.5 Å². The second-order valence-corrected chi connectivity index (χ2v) is 10.7. The van der Waals surface area contributed by atoms with E-state index in [2.05, 4.69) is 9.97 Å². The lowest BCUT2D eigenvalue weighted by Gasteiger charge is -2.33. The Kier molecular flexibility index (Phi) is 7.68. The Bertz CT molecular complexity index is 1660. The maximum absolute atomic E-state index is 15.5. The van der Waals surface area contributed by atoms with Crippen molar-refractivity contribution in [1.82, 2.24) is 24.6 Å². The van der Waals surface area contributed by atoms with Gasteiger partial charge in [-0.05, 0) is 37.1 Å². The number of nitrogens with zero attached hydrogens (tertiary/aromatic N) is 6. The number of nitriles is 1. The zero-order valence-electron chi connectivity index (χ0n) is 22.8. The number of ether oxygens (including phenoxy) is 1. The molecule has 3 heterocycles. The van der Waals surface area contributed by atoms with Gasteiger partial charge in [0, 0.05) is 30.1 Å². The summed E-state index contributed by atoms with van der Waals surface area (Å²) >= 11 is 0. The van der Waals surface area contributed by atoms with Crippen LogP contribution >= 0.6 is 0 Å². The third-order valence-corrected chi connectivity index (χ3v) is 7.02. The van der Waals surface area contributed by atoms with E-state index in [1.54, 1.807) is 47.7 Å². The molecule has 0 radical (unpaired) electrons. The van der Waals surface area contributed by atoms with Gasteiger partial charge in [-0.3, -0.25) is 4.79 Å². The summed E-state index contributed by atoms with van der Waals surface area (Å²) in [5.74, 6) is 0.105. The lowest BCUT2D eigenvalue weighted by molar-refractivity contribution is -0.128. The summed E-state index contributed by atoms with van der Waals surface area (Å²) in [6, 6.07) is 15.3. The summed E-state index contributed by atoms with van der Waals surface area (Å²) in [7, 11) is 0. The number of anilines is 1. The molecule has 2 aromatic heterocycles. The number of aliphatic hydroxyl groups excluding tert-OH is 1. The van der Waals surface area contributed by atoms with Gasteiger partial charge in [0.1, 0.15) is 46.8 Å². The molecule has 1 fully saturated rings. The monoisotopic (exact) mass is 555 g/mol. The predicted octanol–water partition coefficient (Wildman–Crippen LogP) is 4.64. The summed E-state index contributed by atoms with van der Waals surface area (Å²) in [6.45, 7) is 4.03. The minimum Gasteiger partial charge on any atom is -0.457 e. The minimum absolute atomic E-state index is 0.0258. The Morgan fingerprint density at radius 1 is 1.24 bits per heavy atom. The van der Waals surface area contributed by atoms with Crippen molar-refractivity contribution in [3.8, 4) is 28.8 Å². The van der Waals surface area contributed by atoms with Gasteiger partial charge in [0.25, 0.3) is 5.91 Å². The molecule has 41 heavy (non-hydrogen) atoms. The van der Waals surface area contributed by atoms with Gasteiger partial charge in [0.2, 0.25) is 0 Å². The number of fused-ring (bicyclic) bond motifs is 1. The van der Waals surface area contributed by atoms with E-state index in [4.69, 9.17) is 15.6 Å². The van der Waals surface area contributed by atoms with Gasteiger partial charge in [0.05, 0.1) is 18.0 Å². The van der Waals surface area contributed by atoms with Gasteiger partial charge in [0.15, 0.2) is 5.65 Å². The van der Waals surface area contributed by atoms with Crippen molar-refractivity contribution in [2.45, 2.75) is 32.7 Å². The molecule has 210 valence electrons. The number of benzene rings is 2. The van der Waals surface area contributed by atoms with Crippen molar-refractivity contribution in [3.05, 3.63) is 72.3 Å². The van der Waals surface area contributed by atoms with E-state index >= 15 is 4.39 Å². The molecule has 10 nitrogen and oxygen atoms in total. The largest absolute Gasteiger partial charge is 0.457 e. The molecule has 11 heteroatoms. The maximum Gasteiger partial charge on any atom is 0.264 e. The molecule has 2 aromatic carbocycles. The second kappa shape index (κ2) is 11.3. The Balaban J connectivity index is 1.48. The van der Waals surface area contributed by atoms with Crippen LogP contribution in [0.3, 0.4) is 0 Å². The highest BCUT2D eigenvalue weighted by molar-refractivity contribution is 5.99. The summed E-state index contributed by atoms with van der Waals surface area (Å²) in [4.78, 5) is 23.4. The number of nitrogen functional groups attached to an aromatic ring is 1. The van der Waals surface area contributed by atoms with Crippen LogP contribution in [0.25, 0.3) is 22.3 Å². The number of piperidine rings is 1. The number of halogens is 1. The molecule has 1 saturated heterocycles. The molecule has 3 N–H and O–H groups in total. The molecule has 0 bridgehead atoms. The van der Waals surface area contributed by atoms with Gasteiger partial charge in [-0.2, -0.15) is 10.4 Å². The number of rotatable bonds is 7. The van der Waals surface area contributed by atoms with Crippen molar-refractivity contribution in [2.24, 2.45) is 5.41 Å². The molecule has 1 aliphatic heterocycles. The molecule has 0 aliphatic carbocycles. The van der Waals surface area contributed by atoms with Crippen LogP contribution in [0.5, 0.6) is 11.5 Å². The van der Waals surface area contributed by atoms with Gasteiger partial charge >= 0.3 is 0 Å². The SMILES string of the molecule is CC(C)(C=C(C#N)C(=O)N1CCC[C@H](n2nc(-c3ccc(Oc4ccccc4)cc3F)c3c(N)ncnc32)C1)CO. The lowest BCUT2D eigenvalue weighted by atomic mass is 9.91. The fourth-order valence-corrected chi connectivity index (χ4v) is 4.90. The topological polar surface area (TPSA) is 143 Å². The number of aliphatic hydroxyl groups is 1. The summed E-state index contributed by atoms with van der Waals surface area (Å²) < 4.78 is 22.9. The van der Waals surface area contributed by atoms with Crippen LogP contribution in [0.2, 0.25) is 0 Å². The molecular formula is C30H30FN7O3. The Labute approximate surface area is 236 Å². The Morgan fingerprint density at radius 2 is 2.02 bits per heavy atom. The molecule has 1 aliphatic rings. The first-order valence-electron chi connectivity index (χ1n) is 13.3. The highest BCUT2D eigenvalue weighted by atomic mass is 19.1. The molecule has 1 atom stereocenters. The fraction of sp³-hybridized carbons (Fsp3) is 0.300. The van der Waals surface area contributed by atoms with Crippen molar-refractivity contribution in [1.29, 1.82) is 5.26 Å². The highest BCUT2D eigenvalue weighted by Crippen LogP contribution is 2.36. The number of aromatic nitrogens is 4. The molecular weight excluding hydrogens is 525 g/mol. The van der Waals surface area contributed by atoms with Crippen LogP contribution in [-0.2, 0) is 4.79 Å². The van der Waals surface area contributed by atoms with Crippen LogP contribution in [0, 0.1) is 22.6 Å². The number of para-hydroxylation sites is 1. The standard InChI is InChI=1S/C30H30FN7O3/c1-30(2,17-39)14-19(15-32)29(40)37-12-6-7-20(16-37)38-28-25(27(33)34-18-35-28)26(36-38)23-11-10-22(13-24(23)31)41-21-8-4-3-5-9-21/h3-5,8-11,13-14,18,20,39H,6-7,12,16-17H2,1-2H3,(H2,33,34,35)/t20-/m0/s1. The smallest absolute Gasteiger partial charge is 0.264 e. The zero-order chi connectivity index (χ0) is 29.1. The van der Waals surface area contributed by atoms with Gasteiger partial charge < -0.3 is 20.5 Å². The first-order chi connectivity index (χ1) is 19.7. The lowest BCUT2D eigenvalue weighted by Crippen LogP contribution is -2.41. The van der Waals surface area contributed by atoms with E-state index in [0.717, 1.165) is 0 Å². The normalized spacial score (nSPS) is 16.0. The third kappa shape index (κ3) is 5.73. The number of hydrogen-bond acceptors (Lipinski definition) is 8. The maximum atomic E-state index is 15.5. The van der Waals surface area contributed by atoms with Gasteiger partial charge in [-0.25, -0.2) is 19.0 Å². The Hall–Kier alpha value is -4.82. The first kappa shape index (κ1) is 27.7. The molecule has 1 amide bonds. The first-order valence-corrected chi connectivity index (χ1v) is 13.3. The molecule has 4 aromatic rings. The average molecular weight is 556 g/mol. The van der Waals surface area contributed by atoms with E-state index < -0.39 is 17.1 Å². The number of carbonyl (C=O) groups is 1. The van der Waals surface area contributed by atoms with Crippen LogP contribution in [-0.4, -0.2) is 55.4 Å². The van der Waals surface area contributed by atoms with Crippen molar-refractivity contribution in [3.63, 3.8) is 0 Å². The van der Waals surface area contributed by atoms with Crippen molar-refractivity contribution in [2.75, 3.05) is 25.4 Å². The summed E-state index contributed by atoms with van der Waals surface area (Å²) in [6.07, 6.45) is 4.17. The Morgan fingerprint density at radius 3 is 2.73 bits per heavy atom. The fourth-order valence-electron chi connectivity index (χ4n) is 4.90. The number of carbonyl (C=O) groups excluding carboxylic acids is 1. The average Bonchev–Trinajstić information content (AvgIpc) is 3.37. The van der Waals surface area contributed by atoms with E-state index in [-0.39, 0.29) is 41.8 Å².